The number of hydrogen-bond donors (Lipinski definition) is 2. The van der Waals surface area contributed by atoms with Gasteiger partial charge in [-0.25, -0.2) is 4.79 Å². The highest BCUT2D eigenvalue weighted by Crippen LogP contribution is 2.15. The Kier molecular flexibility index (Phi) is 5.80. The van der Waals surface area contributed by atoms with Gasteiger partial charge in [-0.05, 0) is 43.5 Å². The maximum Gasteiger partial charge on any atom is 0.321 e. The van der Waals surface area contributed by atoms with Crippen molar-refractivity contribution in [1.82, 2.24) is 9.80 Å². The Morgan fingerprint density at radius 1 is 1.23 bits per heavy atom. The summed E-state index contributed by atoms with van der Waals surface area (Å²) in [5, 5.41) is 12.3. The molecule has 0 saturated carbocycles. The van der Waals surface area contributed by atoms with E-state index in [0.717, 1.165) is 25.2 Å². The lowest BCUT2D eigenvalue weighted by Crippen LogP contribution is -2.53. The fraction of sp³-hybridized carbons (Fsp3) is 0.588. The van der Waals surface area contributed by atoms with Crippen molar-refractivity contribution in [2.45, 2.75) is 33.2 Å². The zero-order valence-corrected chi connectivity index (χ0v) is 13.8. The molecule has 0 bridgehead atoms. The van der Waals surface area contributed by atoms with E-state index in [-0.39, 0.29) is 18.7 Å². The lowest BCUT2D eigenvalue weighted by molar-refractivity contribution is 0.0766. The molecular formula is C17H27N3O2. The molecule has 1 atom stereocenters. The van der Waals surface area contributed by atoms with Crippen molar-refractivity contribution >= 4 is 11.7 Å². The van der Waals surface area contributed by atoms with Crippen molar-refractivity contribution in [3.05, 3.63) is 29.3 Å². The third kappa shape index (κ3) is 3.99. The second-order valence-electron chi connectivity index (χ2n) is 6.00. The zero-order chi connectivity index (χ0) is 16.1. The Bertz CT molecular complexity index is 507. The third-order valence-electron chi connectivity index (χ3n) is 4.56. The number of carbonyl (C=O) groups excluding carboxylic acids is 1. The van der Waals surface area contributed by atoms with Gasteiger partial charge in [0.2, 0.25) is 0 Å². The van der Waals surface area contributed by atoms with Crippen LogP contribution in [0.3, 0.4) is 0 Å². The van der Waals surface area contributed by atoms with Gasteiger partial charge in [0.05, 0.1) is 6.61 Å². The molecule has 22 heavy (non-hydrogen) atoms. The van der Waals surface area contributed by atoms with Crippen molar-refractivity contribution in [3.8, 4) is 0 Å². The first-order chi connectivity index (χ1) is 10.5. The summed E-state index contributed by atoms with van der Waals surface area (Å²) in [7, 11) is 0. The Labute approximate surface area is 132 Å². The van der Waals surface area contributed by atoms with Crippen LogP contribution in [-0.4, -0.2) is 59.8 Å². The van der Waals surface area contributed by atoms with E-state index in [9.17, 15) is 9.90 Å². The molecule has 1 unspecified atom stereocenters. The van der Waals surface area contributed by atoms with Gasteiger partial charge in [0.15, 0.2) is 0 Å². The second kappa shape index (κ2) is 7.61. The lowest BCUT2D eigenvalue weighted by atomic mass is 10.1. The van der Waals surface area contributed by atoms with E-state index in [1.54, 1.807) is 0 Å². The topological polar surface area (TPSA) is 55.8 Å². The van der Waals surface area contributed by atoms with Gasteiger partial charge in [-0.15, -0.1) is 0 Å². The third-order valence-corrected chi connectivity index (χ3v) is 4.56. The number of carbonyl (C=O) groups is 1. The number of amides is 2. The average molecular weight is 305 g/mol. The van der Waals surface area contributed by atoms with Crippen LogP contribution in [0.2, 0.25) is 0 Å². The van der Waals surface area contributed by atoms with Crippen molar-refractivity contribution in [2.24, 2.45) is 0 Å². The van der Waals surface area contributed by atoms with E-state index in [2.05, 4.69) is 24.1 Å². The molecule has 0 aliphatic carbocycles. The minimum absolute atomic E-state index is 0.0417. The van der Waals surface area contributed by atoms with E-state index >= 15 is 0 Å². The first-order valence-electron chi connectivity index (χ1n) is 8.03. The summed E-state index contributed by atoms with van der Waals surface area (Å²) in [6.07, 6.45) is 0.936. The standard InChI is InChI=1S/C17H27N3O2/c1-4-16(12-21)19-7-9-20(10-8-19)17(22)18-15-6-5-13(2)14(3)11-15/h5-6,11,16,21H,4,7-10,12H2,1-3H3,(H,18,22). The summed E-state index contributed by atoms with van der Waals surface area (Å²) in [6, 6.07) is 6.14. The average Bonchev–Trinajstić information content (AvgIpc) is 2.53. The molecule has 2 rings (SSSR count). The Morgan fingerprint density at radius 3 is 2.45 bits per heavy atom. The van der Waals surface area contributed by atoms with Crippen LogP contribution in [0.25, 0.3) is 0 Å². The summed E-state index contributed by atoms with van der Waals surface area (Å²) < 4.78 is 0. The molecule has 1 aliphatic heterocycles. The van der Waals surface area contributed by atoms with Crippen molar-refractivity contribution in [2.75, 3.05) is 38.1 Å². The molecule has 0 aromatic heterocycles. The minimum Gasteiger partial charge on any atom is -0.395 e. The predicted octanol–water partition coefficient (Wildman–Crippen LogP) is 2.22. The second-order valence-corrected chi connectivity index (χ2v) is 6.00. The molecule has 1 aromatic carbocycles. The number of rotatable bonds is 4. The first-order valence-corrected chi connectivity index (χ1v) is 8.03. The van der Waals surface area contributed by atoms with Gasteiger partial charge in [-0.2, -0.15) is 0 Å². The molecule has 2 amide bonds. The van der Waals surface area contributed by atoms with Crippen LogP contribution in [0, 0.1) is 13.8 Å². The molecule has 1 aromatic rings. The largest absolute Gasteiger partial charge is 0.395 e. The quantitative estimate of drug-likeness (QED) is 0.897. The molecule has 0 spiro atoms. The van der Waals surface area contributed by atoms with Gasteiger partial charge in [0, 0.05) is 37.9 Å². The molecule has 122 valence electrons. The highest BCUT2D eigenvalue weighted by Gasteiger charge is 2.24. The van der Waals surface area contributed by atoms with Crippen molar-refractivity contribution < 1.29 is 9.90 Å². The monoisotopic (exact) mass is 305 g/mol. The van der Waals surface area contributed by atoms with Crippen molar-refractivity contribution in [3.63, 3.8) is 0 Å². The highest BCUT2D eigenvalue weighted by molar-refractivity contribution is 5.89. The fourth-order valence-electron chi connectivity index (χ4n) is 2.81. The zero-order valence-electron chi connectivity index (χ0n) is 13.8. The normalized spacial score (nSPS) is 17.4. The molecule has 1 heterocycles. The van der Waals surface area contributed by atoms with Crippen LogP contribution in [-0.2, 0) is 0 Å². The van der Waals surface area contributed by atoms with Crippen LogP contribution in [0.4, 0.5) is 10.5 Å². The van der Waals surface area contributed by atoms with Crippen LogP contribution >= 0.6 is 0 Å². The number of nitrogens with zero attached hydrogens (tertiary/aromatic N) is 2. The van der Waals surface area contributed by atoms with Crippen LogP contribution in [0.5, 0.6) is 0 Å². The molecule has 5 nitrogen and oxygen atoms in total. The Balaban J connectivity index is 1.88. The van der Waals surface area contributed by atoms with Gasteiger partial charge in [-0.3, -0.25) is 4.90 Å². The number of piperazine rings is 1. The predicted molar refractivity (Wildman–Crippen MR) is 89.2 cm³/mol. The molecule has 0 radical (unpaired) electrons. The summed E-state index contributed by atoms with van der Waals surface area (Å²) in [6.45, 7) is 9.42. The molecule has 1 aliphatic rings. The molecule has 2 N–H and O–H groups in total. The number of aliphatic hydroxyl groups excluding tert-OH is 1. The van der Waals surface area contributed by atoms with E-state index in [4.69, 9.17) is 0 Å². The minimum atomic E-state index is -0.0417. The van der Waals surface area contributed by atoms with E-state index in [1.165, 1.54) is 11.1 Å². The smallest absolute Gasteiger partial charge is 0.321 e. The summed E-state index contributed by atoms with van der Waals surface area (Å²) >= 11 is 0. The molecular weight excluding hydrogens is 278 g/mol. The number of aliphatic hydroxyl groups is 1. The number of aryl methyl sites for hydroxylation is 2. The highest BCUT2D eigenvalue weighted by atomic mass is 16.3. The molecule has 1 fully saturated rings. The summed E-state index contributed by atoms with van der Waals surface area (Å²) in [4.78, 5) is 16.4. The van der Waals surface area contributed by atoms with Gasteiger partial charge in [0.1, 0.15) is 0 Å². The lowest BCUT2D eigenvalue weighted by Gasteiger charge is -2.38. The van der Waals surface area contributed by atoms with Crippen LogP contribution < -0.4 is 5.32 Å². The van der Waals surface area contributed by atoms with E-state index in [1.807, 2.05) is 30.0 Å². The fourth-order valence-corrected chi connectivity index (χ4v) is 2.81. The number of anilines is 1. The summed E-state index contributed by atoms with van der Waals surface area (Å²) in [5.41, 5.74) is 3.25. The van der Waals surface area contributed by atoms with E-state index in [0.29, 0.717) is 13.1 Å². The van der Waals surface area contributed by atoms with Crippen molar-refractivity contribution in [1.29, 1.82) is 0 Å². The number of nitrogens with one attached hydrogen (secondary N) is 1. The SMILES string of the molecule is CCC(CO)N1CCN(C(=O)Nc2ccc(C)c(C)c2)CC1. The van der Waals surface area contributed by atoms with Gasteiger partial charge < -0.3 is 15.3 Å². The Morgan fingerprint density at radius 2 is 1.91 bits per heavy atom. The van der Waals surface area contributed by atoms with Crippen LogP contribution in [0.15, 0.2) is 18.2 Å². The van der Waals surface area contributed by atoms with E-state index < -0.39 is 0 Å². The Hall–Kier alpha value is -1.59. The molecule has 1 saturated heterocycles. The molecule has 5 heteroatoms. The number of urea groups is 1. The van der Waals surface area contributed by atoms with Crippen LogP contribution in [0.1, 0.15) is 24.5 Å². The number of benzene rings is 1. The van der Waals surface area contributed by atoms with Gasteiger partial charge >= 0.3 is 6.03 Å². The maximum atomic E-state index is 12.3. The van der Waals surface area contributed by atoms with Gasteiger partial charge in [-0.1, -0.05) is 13.0 Å². The number of hydrogen-bond acceptors (Lipinski definition) is 3. The maximum absolute atomic E-state index is 12.3. The van der Waals surface area contributed by atoms with Gasteiger partial charge in [0.25, 0.3) is 0 Å². The summed E-state index contributed by atoms with van der Waals surface area (Å²) in [5.74, 6) is 0. The first kappa shape index (κ1) is 16.8.